The topological polar surface area (TPSA) is 67.9 Å². The Morgan fingerprint density at radius 3 is 2.65 bits per heavy atom. The largest absolute Gasteiger partial charge is 0.487 e. The Morgan fingerprint density at radius 1 is 1.16 bits per heavy atom. The number of hydrogen-bond donors (Lipinski definition) is 1. The lowest BCUT2D eigenvalue weighted by Gasteiger charge is -2.47. The molecule has 6 nitrogen and oxygen atoms in total. The molecule has 0 aromatic carbocycles. The first-order valence-corrected chi connectivity index (χ1v) is 12.5. The molecule has 7 heteroatoms. The average Bonchev–Trinajstić information content (AvgIpc) is 3.08. The first-order chi connectivity index (χ1) is 15.0. The summed E-state index contributed by atoms with van der Waals surface area (Å²) in [5.41, 5.74) is 1.03. The number of ether oxygens (including phenoxy) is 2. The lowest BCUT2D eigenvalue weighted by molar-refractivity contribution is -0.119. The van der Waals surface area contributed by atoms with Crippen molar-refractivity contribution in [1.82, 2.24) is 10.2 Å². The summed E-state index contributed by atoms with van der Waals surface area (Å²) < 4.78 is 12.4. The van der Waals surface area contributed by atoms with E-state index in [0.29, 0.717) is 18.6 Å². The monoisotopic (exact) mass is 446 g/mol. The summed E-state index contributed by atoms with van der Waals surface area (Å²) in [6.45, 7) is 9.53. The van der Waals surface area contributed by atoms with Crippen molar-refractivity contribution in [2.45, 2.75) is 81.3 Å². The molecule has 0 spiro atoms. The van der Waals surface area contributed by atoms with Crippen LogP contribution in [0.1, 0.15) is 57.8 Å². The third kappa shape index (κ3) is 5.37. The lowest BCUT2D eigenvalue weighted by atomic mass is 9.84. The Balaban J connectivity index is 1.24. The van der Waals surface area contributed by atoms with Crippen molar-refractivity contribution >= 4 is 22.9 Å². The molecule has 0 aromatic rings. The number of hydrogen-bond acceptors (Lipinski definition) is 6. The second-order valence-electron chi connectivity index (χ2n) is 9.04. The zero-order valence-corrected chi connectivity index (χ0v) is 19.0. The van der Waals surface area contributed by atoms with Crippen LogP contribution in [0.25, 0.3) is 0 Å². The van der Waals surface area contributed by atoms with Crippen molar-refractivity contribution < 1.29 is 19.1 Å². The number of rotatable bonds is 7. The number of carbonyl (C=O) groups is 2. The first-order valence-electron chi connectivity index (χ1n) is 11.6. The van der Waals surface area contributed by atoms with Crippen LogP contribution in [0, 0.1) is 5.92 Å². The maximum absolute atomic E-state index is 11.8. The molecule has 0 radical (unpaired) electrons. The summed E-state index contributed by atoms with van der Waals surface area (Å²) in [5, 5.41) is 1.98. The van der Waals surface area contributed by atoms with Crippen LogP contribution < -0.4 is 5.32 Å². The molecule has 2 aliphatic carbocycles. The number of morpholine rings is 1. The maximum Gasteiger partial charge on any atom is 0.286 e. The number of fused-ring (bicyclic) bond motifs is 1. The van der Waals surface area contributed by atoms with Crippen LogP contribution in [0.3, 0.4) is 0 Å². The summed E-state index contributed by atoms with van der Waals surface area (Å²) in [7, 11) is 0. The van der Waals surface area contributed by atoms with E-state index in [1.165, 1.54) is 12.8 Å². The van der Waals surface area contributed by atoms with Crippen molar-refractivity contribution in [2.24, 2.45) is 5.92 Å². The molecule has 3 atom stereocenters. The van der Waals surface area contributed by atoms with Crippen LogP contribution in [0.15, 0.2) is 36.8 Å². The van der Waals surface area contributed by atoms with Crippen molar-refractivity contribution in [3.8, 4) is 0 Å². The van der Waals surface area contributed by atoms with Crippen LogP contribution in [-0.4, -0.2) is 52.7 Å². The zero-order chi connectivity index (χ0) is 21.8. The fourth-order valence-corrected chi connectivity index (χ4v) is 6.40. The van der Waals surface area contributed by atoms with Gasteiger partial charge in [-0.25, -0.2) is 0 Å². The van der Waals surface area contributed by atoms with Gasteiger partial charge in [0.1, 0.15) is 11.9 Å². The Morgan fingerprint density at radius 2 is 1.94 bits per heavy atom. The average molecular weight is 447 g/mol. The van der Waals surface area contributed by atoms with Gasteiger partial charge in [0.2, 0.25) is 5.91 Å². The Kier molecular flexibility index (Phi) is 7.43. The summed E-state index contributed by atoms with van der Waals surface area (Å²) in [4.78, 5) is 25.6. The van der Waals surface area contributed by atoms with E-state index in [1.54, 1.807) is 6.08 Å². The molecule has 0 bridgehead atoms. The van der Waals surface area contributed by atoms with Gasteiger partial charge >= 0.3 is 0 Å². The van der Waals surface area contributed by atoms with Crippen molar-refractivity contribution in [3.05, 3.63) is 36.8 Å². The number of amides is 2. The zero-order valence-electron chi connectivity index (χ0n) is 18.2. The van der Waals surface area contributed by atoms with Gasteiger partial charge in [-0.2, -0.15) is 0 Å². The molecule has 2 aliphatic heterocycles. The van der Waals surface area contributed by atoms with Gasteiger partial charge in [-0.05, 0) is 63.4 Å². The fraction of sp³-hybridized carbons (Fsp3) is 0.667. The van der Waals surface area contributed by atoms with Gasteiger partial charge in [0.15, 0.2) is 0 Å². The highest BCUT2D eigenvalue weighted by Gasteiger charge is 2.38. The van der Waals surface area contributed by atoms with Crippen LogP contribution >= 0.6 is 11.8 Å². The molecule has 2 heterocycles. The number of thioether (sulfide) groups is 1. The summed E-state index contributed by atoms with van der Waals surface area (Å²) >= 11 is 1.15. The molecule has 170 valence electrons. The van der Waals surface area contributed by atoms with E-state index in [4.69, 9.17) is 9.47 Å². The Hall–Kier alpha value is -1.73. The van der Waals surface area contributed by atoms with Gasteiger partial charge in [0, 0.05) is 6.54 Å². The van der Waals surface area contributed by atoms with E-state index in [2.05, 4.69) is 23.4 Å². The molecule has 2 saturated carbocycles. The second kappa shape index (κ2) is 10.3. The second-order valence-corrected chi connectivity index (χ2v) is 10.2. The van der Waals surface area contributed by atoms with Crippen molar-refractivity contribution in [1.29, 1.82) is 0 Å². The summed E-state index contributed by atoms with van der Waals surface area (Å²) in [6, 6.07) is 0.391. The molecular formula is C24H34N2O4S. The number of nitrogens with one attached hydrogen (secondary N) is 1. The van der Waals surface area contributed by atoms with Crippen LogP contribution in [0.4, 0.5) is 4.79 Å². The quantitative estimate of drug-likeness (QED) is 0.620. The normalized spacial score (nSPS) is 35.0. The number of imide groups is 1. The molecule has 2 amide bonds. The third-order valence-electron chi connectivity index (χ3n) is 7.03. The van der Waals surface area contributed by atoms with E-state index in [0.717, 1.165) is 74.7 Å². The summed E-state index contributed by atoms with van der Waals surface area (Å²) in [6.07, 6.45) is 14.0. The minimum absolute atomic E-state index is 0.120. The van der Waals surface area contributed by atoms with E-state index in [-0.39, 0.29) is 28.6 Å². The molecule has 0 aromatic heterocycles. The standard InChI is InChI=1S/C24H34N2O4S/c1-3-6-19-16(2)30-21-8-5-4-7-20(21)26(19)13-14-29-18-11-9-17(10-12-18)15-22-23(27)25-24(28)31-22/h3,6,17-18,20-22H,1-2,4-5,7-15H2,(H,25,27,28)/b19-6+. The van der Waals surface area contributed by atoms with Gasteiger partial charge in [-0.15, -0.1) is 0 Å². The minimum Gasteiger partial charge on any atom is -0.487 e. The van der Waals surface area contributed by atoms with E-state index in [1.807, 2.05) is 6.08 Å². The lowest BCUT2D eigenvalue weighted by Crippen LogP contribution is -2.51. The third-order valence-corrected chi connectivity index (χ3v) is 8.03. The predicted molar refractivity (Wildman–Crippen MR) is 122 cm³/mol. The van der Waals surface area contributed by atoms with Gasteiger partial charge < -0.3 is 14.4 Å². The predicted octanol–water partition coefficient (Wildman–Crippen LogP) is 4.53. The van der Waals surface area contributed by atoms with Crippen LogP contribution in [0.2, 0.25) is 0 Å². The van der Waals surface area contributed by atoms with Crippen molar-refractivity contribution in [3.63, 3.8) is 0 Å². The van der Waals surface area contributed by atoms with E-state index >= 15 is 0 Å². The first kappa shape index (κ1) is 22.5. The van der Waals surface area contributed by atoms with E-state index < -0.39 is 0 Å². The van der Waals surface area contributed by atoms with Gasteiger partial charge in [-0.3, -0.25) is 14.9 Å². The number of nitrogens with zero attached hydrogens (tertiary/aromatic N) is 1. The molecule has 2 saturated heterocycles. The highest BCUT2D eigenvalue weighted by Crippen LogP contribution is 2.37. The highest BCUT2D eigenvalue weighted by molar-refractivity contribution is 8.15. The molecule has 4 aliphatic rings. The van der Waals surface area contributed by atoms with Gasteiger partial charge in [0.05, 0.1) is 29.7 Å². The summed E-state index contributed by atoms with van der Waals surface area (Å²) in [5.74, 6) is 1.13. The minimum atomic E-state index is -0.206. The highest BCUT2D eigenvalue weighted by atomic mass is 32.2. The molecule has 1 N–H and O–H groups in total. The fourth-order valence-electron chi connectivity index (χ4n) is 5.44. The molecule has 31 heavy (non-hydrogen) atoms. The molecular weight excluding hydrogens is 412 g/mol. The SMILES string of the molecule is C=C/C=C1\C(=C)OC2CCCCC2N1CCOC1CCC(CC2SC(=O)NC2=O)CC1. The number of carbonyl (C=O) groups excluding carboxylic acids is 2. The molecule has 3 unspecified atom stereocenters. The van der Waals surface area contributed by atoms with Crippen LogP contribution in [-0.2, 0) is 14.3 Å². The van der Waals surface area contributed by atoms with Gasteiger partial charge in [-0.1, -0.05) is 37.4 Å². The van der Waals surface area contributed by atoms with E-state index in [9.17, 15) is 9.59 Å². The maximum atomic E-state index is 11.8. The Labute approximate surface area is 189 Å². The Bertz CT molecular complexity index is 744. The smallest absolute Gasteiger partial charge is 0.286 e. The molecule has 4 rings (SSSR count). The van der Waals surface area contributed by atoms with Gasteiger partial charge in [0.25, 0.3) is 5.24 Å². The number of allylic oxidation sites excluding steroid dienone is 2. The van der Waals surface area contributed by atoms with Crippen molar-refractivity contribution in [2.75, 3.05) is 13.2 Å². The molecule has 4 fully saturated rings. The van der Waals surface area contributed by atoms with Crippen LogP contribution in [0.5, 0.6) is 0 Å².